The Morgan fingerprint density at radius 2 is 1.79 bits per heavy atom. The molecule has 0 N–H and O–H groups in total. The number of halogens is 1. The predicted octanol–water partition coefficient (Wildman–Crippen LogP) is 3.10. The van der Waals surface area contributed by atoms with Gasteiger partial charge in [0, 0.05) is 37.9 Å². The molecule has 0 amide bonds. The minimum atomic E-state index is -0.248. The normalized spacial score (nSPS) is 15.2. The number of rotatable bonds is 3. The van der Waals surface area contributed by atoms with Crippen molar-refractivity contribution < 1.29 is 4.39 Å². The Balaban J connectivity index is 1.33. The molecule has 5 rings (SSSR count). The van der Waals surface area contributed by atoms with Crippen LogP contribution in [0.25, 0.3) is 16.2 Å². The van der Waals surface area contributed by atoms with Crippen molar-refractivity contribution in [3.8, 4) is 11.3 Å². The van der Waals surface area contributed by atoms with Crippen LogP contribution < -0.4 is 9.80 Å². The number of fused-ring (bicyclic) bond motifs is 1. The van der Waals surface area contributed by atoms with Gasteiger partial charge in [0.05, 0.1) is 11.9 Å². The minimum absolute atomic E-state index is 0.248. The molecule has 4 heterocycles. The molecule has 7 nitrogen and oxygen atoms in total. The molecule has 1 fully saturated rings. The van der Waals surface area contributed by atoms with E-state index < -0.39 is 0 Å². The van der Waals surface area contributed by atoms with Crippen molar-refractivity contribution >= 4 is 27.2 Å². The summed E-state index contributed by atoms with van der Waals surface area (Å²) >= 11 is 1.57. The fourth-order valence-electron chi connectivity index (χ4n) is 3.38. The Kier molecular flexibility index (Phi) is 4.36. The van der Waals surface area contributed by atoms with Gasteiger partial charge in [0.25, 0.3) is 0 Å². The molecular weight excluding hydrogens is 377 g/mol. The molecule has 9 heteroatoms. The van der Waals surface area contributed by atoms with Crippen molar-refractivity contribution in [3.63, 3.8) is 0 Å². The Hall–Kier alpha value is -3.07. The van der Waals surface area contributed by atoms with Gasteiger partial charge in [0.2, 0.25) is 10.1 Å². The highest BCUT2D eigenvalue weighted by Gasteiger charge is 2.20. The molecule has 0 saturated carbocycles. The highest BCUT2D eigenvalue weighted by Crippen LogP contribution is 2.27. The SMILES string of the molecule is Fc1ccc(-c2cn3nc(N4CCCN(c5cccnn5)CC4)sc3n2)cc1. The third kappa shape index (κ3) is 3.29. The predicted molar refractivity (Wildman–Crippen MR) is 107 cm³/mol. The second-order valence-electron chi connectivity index (χ2n) is 6.65. The average molecular weight is 395 g/mol. The summed E-state index contributed by atoms with van der Waals surface area (Å²) in [6.07, 6.45) is 4.62. The van der Waals surface area contributed by atoms with E-state index in [1.807, 2.05) is 22.8 Å². The number of aromatic nitrogens is 5. The third-order valence-electron chi connectivity index (χ3n) is 4.82. The second kappa shape index (κ2) is 7.16. The number of nitrogens with zero attached hydrogens (tertiary/aromatic N) is 7. The van der Waals surface area contributed by atoms with E-state index in [-0.39, 0.29) is 5.82 Å². The molecular formula is C19H18FN7S. The first kappa shape index (κ1) is 17.1. The zero-order chi connectivity index (χ0) is 18.9. The van der Waals surface area contributed by atoms with Gasteiger partial charge in [-0.1, -0.05) is 11.3 Å². The molecule has 1 aliphatic heterocycles. The van der Waals surface area contributed by atoms with E-state index in [0.717, 1.165) is 59.8 Å². The standard InChI is InChI=1S/C19H18FN7S/c20-15-6-4-14(5-7-15)16-13-27-18(22-16)28-19(24-27)26-10-2-9-25(11-12-26)17-3-1-8-21-23-17/h1,3-8,13H,2,9-12H2. The molecule has 28 heavy (non-hydrogen) atoms. The van der Waals surface area contributed by atoms with Gasteiger partial charge in [0.1, 0.15) is 5.82 Å². The summed E-state index contributed by atoms with van der Waals surface area (Å²) in [6, 6.07) is 10.3. The largest absolute Gasteiger partial charge is 0.353 e. The molecule has 1 aromatic carbocycles. The summed E-state index contributed by atoms with van der Waals surface area (Å²) in [5.74, 6) is 0.670. The zero-order valence-electron chi connectivity index (χ0n) is 15.1. The van der Waals surface area contributed by atoms with Crippen LogP contribution in [0.3, 0.4) is 0 Å². The maximum atomic E-state index is 13.1. The molecule has 0 bridgehead atoms. The van der Waals surface area contributed by atoms with Crippen molar-refractivity contribution in [2.45, 2.75) is 6.42 Å². The van der Waals surface area contributed by atoms with E-state index in [1.54, 1.807) is 29.7 Å². The molecule has 1 saturated heterocycles. The van der Waals surface area contributed by atoms with Crippen molar-refractivity contribution in [1.29, 1.82) is 0 Å². The molecule has 4 aromatic rings. The van der Waals surface area contributed by atoms with Crippen LogP contribution in [0.2, 0.25) is 0 Å². The topological polar surface area (TPSA) is 62.5 Å². The second-order valence-corrected chi connectivity index (χ2v) is 7.59. The summed E-state index contributed by atoms with van der Waals surface area (Å²) in [5, 5.41) is 13.9. The van der Waals surface area contributed by atoms with E-state index in [4.69, 9.17) is 5.10 Å². The van der Waals surface area contributed by atoms with E-state index in [0.29, 0.717) is 0 Å². The van der Waals surface area contributed by atoms with Gasteiger partial charge in [-0.3, -0.25) is 0 Å². The van der Waals surface area contributed by atoms with Crippen molar-refractivity contribution in [3.05, 3.63) is 54.6 Å². The quantitative estimate of drug-likeness (QED) is 0.531. The fraction of sp³-hybridized carbons (Fsp3) is 0.263. The van der Waals surface area contributed by atoms with Gasteiger partial charge in [-0.15, -0.1) is 10.2 Å². The van der Waals surface area contributed by atoms with E-state index >= 15 is 0 Å². The van der Waals surface area contributed by atoms with Gasteiger partial charge in [-0.25, -0.2) is 13.9 Å². The molecule has 0 aliphatic carbocycles. The Morgan fingerprint density at radius 1 is 0.964 bits per heavy atom. The molecule has 1 aliphatic rings. The van der Waals surface area contributed by atoms with E-state index in [2.05, 4.69) is 25.0 Å². The fourth-order valence-corrected chi connectivity index (χ4v) is 4.31. The van der Waals surface area contributed by atoms with Crippen molar-refractivity contribution in [2.75, 3.05) is 36.0 Å². The van der Waals surface area contributed by atoms with E-state index in [1.165, 1.54) is 12.1 Å². The maximum Gasteiger partial charge on any atom is 0.214 e. The van der Waals surface area contributed by atoms with E-state index in [9.17, 15) is 4.39 Å². The number of imidazole rings is 1. The van der Waals surface area contributed by atoms with Gasteiger partial charge in [-0.05, 0) is 42.8 Å². The van der Waals surface area contributed by atoms with Crippen LogP contribution in [0.15, 0.2) is 48.8 Å². The molecule has 142 valence electrons. The molecule has 0 spiro atoms. The lowest BCUT2D eigenvalue weighted by molar-refractivity contribution is 0.628. The highest BCUT2D eigenvalue weighted by atomic mass is 32.1. The Morgan fingerprint density at radius 3 is 2.57 bits per heavy atom. The highest BCUT2D eigenvalue weighted by molar-refractivity contribution is 7.20. The average Bonchev–Trinajstić information content (AvgIpc) is 3.19. The van der Waals surface area contributed by atoms with Crippen LogP contribution >= 0.6 is 11.3 Å². The molecule has 0 atom stereocenters. The van der Waals surface area contributed by atoms with Crippen LogP contribution in [-0.4, -0.2) is 51.0 Å². The van der Waals surface area contributed by atoms with Gasteiger partial charge in [-0.2, -0.15) is 5.10 Å². The number of hydrogen-bond acceptors (Lipinski definition) is 7. The maximum absolute atomic E-state index is 13.1. The minimum Gasteiger partial charge on any atom is -0.353 e. The monoisotopic (exact) mass is 395 g/mol. The lowest BCUT2D eigenvalue weighted by atomic mass is 10.2. The van der Waals surface area contributed by atoms with Crippen LogP contribution in [0, 0.1) is 5.82 Å². The summed E-state index contributed by atoms with van der Waals surface area (Å²) < 4.78 is 14.9. The molecule has 0 radical (unpaired) electrons. The van der Waals surface area contributed by atoms with Crippen LogP contribution in [0.5, 0.6) is 0 Å². The summed E-state index contributed by atoms with van der Waals surface area (Å²) in [4.78, 5) is 10.1. The molecule has 3 aromatic heterocycles. The lowest BCUT2D eigenvalue weighted by Gasteiger charge is -2.21. The number of hydrogen-bond donors (Lipinski definition) is 0. The summed E-state index contributed by atoms with van der Waals surface area (Å²) in [7, 11) is 0. The van der Waals surface area contributed by atoms with Gasteiger partial charge >= 0.3 is 0 Å². The molecule has 0 unspecified atom stereocenters. The van der Waals surface area contributed by atoms with Gasteiger partial charge in [0.15, 0.2) is 5.82 Å². The van der Waals surface area contributed by atoms with Crippen molar-refractivity contribution in [2.24, 2.45) is 0 Å². The van der Waals surface area contributed by atoms with Crippen LogP contribution in [0.4, 0.5) is 15.3 Å². The van der Waals surface area contributed by atoms with Crippen molar-refractivity contribution in [1.82, 2.24) is 24.8 Å². The first-order chi connectivity index (χ1) is 13.8. The summed E-state index contributed by atoms with van der Waals surface area (Å²) in [5.41, 5.74) is 1.69. The Bertz CT molecular complexity index is 1050. The zero-order valence-corrected chi connectivity index (χ0v) is 15.9. The Labute approximate surface area is 165 Å². The van der Waals surface area contributed by atoms with Crippen LogP contribution in [0.1, 0.15) is 6.42 Å². The van der Waals surface area contributed by atoms with Gasteiger partial charge < -0.3 is 9.80 Å². The lowest BCUT2D eigenvalue weighted by Crippen LogP contribution is -2.31. The summed E-state index contributed by atoms with van der Waals surface area (Å²) in [6.45, 7) is 3.64. The first-order valence-corrected chi connectivity index (χ1v) is 9.98. The number of benzene rings is 1. The number of anilines is 2. The van der Waals surface area contributed by atoms with Crippen LogP contribution in [-0.2, 0) is 0 Å². The third-order valence-corrected chi connectivity index (χ3v) is 5.80. The smallest absolute Gasteiger partial charge is 0.214 e. The first-order valence-electron chi connectivity index (χ1n) is 9.16.